The van der Waals surface area contributed by atoms with E-state index < -0.39 is 10.9 Å². The first-order valence-electron chi connectivity index (χ1n) is 5.58. The molecule has 0 saturated heterocycles. The Labute approximate surface area is 126 Å². The van der Waals surface area contributed by atoms with Crippen molar-refractivity contribution in [3.8, 4) is 5.75 Å². The number of halogens is 1. The van der Waals surface area contributed by atoms with Gasteiger partial charge in [0.1, 0.15) is 24.2 Å². The number of ether oxygens (including phenoxy) is 1. The van der Waals surface area contributed by atoms with Gasteiger partial charge in [0.05, 0.1) is 21.2 Å². The highest BCUT2D eigenvalue weighted by Crippen LogP contribution is 2.29. The normalized spacial score (nSPS) is 10.1. The standard InChI is InChI=1S/C12H8BrN3O5/c13-9-2-1-7(16(19)20)3-11(9)21-5-10-8(12(17)18)4-14-6-15-10/h1-4,6H,5H2,(H,17,18). The highest BCUT2D eigenvalue weighted by atomic mass is 79.9. The fourth-order valence-electron chi connectivity index (χ4n) is 1.51. The highest BCUT2D eigenvalue weighted by Gasteiger charge is 2.14. The number of non-ortho nitro benzene ring substituents is 1. The SMILES string of the molecule is O=C(O)c1cncnc1COc1cc([N+](=O)[O-])ccc1Br. The molecule has 1 heterocycles. The quantitative estimate of drug-likeness (QED) is 0.647. The maximum absolute atomic E-state index is 11.0. The van der Waals surface area contributed by atoms with Crippen molar-refractivity contribution >= 4 is 27.6 Å². The lowest BCUT2D eigenvalue weighted by molar-refractivity contribution is -0.385. The van der Waals surface area contributed by atoms with Crippen LogP contribution in [0, 0.1) is 10.1 Å². The van der Waals surface area contributed by atoms with E-state index in [0.29, 0.717) is 4.47 Å². The summed E-state index contributed by atoms with van der Waals surface area (Å²) in [6.07, 6.45) is 2.37. The zero-order chi connectivity index (χ0) is 15.4. The summed E-state index contributed by atoms with van der Waals surface area (Å²) in [5.74, 6) is -0.952. The fraction of sp³-hybridized carbons (Fsp3) is 0.0833. The van der Waals surface area contributed by atoms with Crippen LogP contribution in [0.25, 0.3) is 0 Å². The first-order valence-corrected chi connectivity index (χ1v) is 6.37. The first kappa shape index (κ1) is 14.9. The summed E-state index contributed by atoms with van der Waals surface area (Å²) in [6, 6.07) is 4.04. The van der Waals surface area contributed by atoms with Crippen LogP contribution in [0.15, 0.2) is 35.2 Å². The molecule has 0 radical (unpaired) electrons. The van der Waals surface area contributed by atoms with Gasteiger partial charge in [-0.3, -0.25) is 10.1 Å². The van der Waals surface area contributed by atoms with Crippen LogP contribution in [-0.2, 0) is 6.61 Å². The molecule has 0 spiro atoms. The molecule has 1 aromatic heterocycles. The summed E-state index contributed by atoms with van der Waals surface area (Å²) in [5.41, 5.74) is -0.0377. The van der Waals surface area contributed by atoms with Crippen LogP contribution in [0.2, 0.25) is 0 Å². The molecule has 2 aromatic rings. The van der Waals surface area contributed by atoms with Crippen molar-refractivity contribution in [1.82, 2.24) is 9.97 Å². The minimum atomic E-state index is -1.17. The molecule has 0 aliphatic carbocycles. The Morgan fingerprint density at radius 2 is 2.24 bits per heavy atom. The van der Waals surface area contributed by atoms with Gasteiger partial charge in [-0.2, -0.15) is 0 Å². The van der Waals surface area contributed by atoms with Crippen LogP contribution in [0.3, 0.4) is 0 Å². The number of rotatable bonds is 5. The van der Waals surface area contributed by atoms with E-state index in [4.69, 9.17) is 9.84 Å². The van der Waals surface area contributed by atoms with E-state index in [0.717, 1.165) is 6.20 Å². The van der Waals surface area contributed by atoms with E-state index in [1.54, 1.807) is 0 Å². The van der Waals surface area contributed by atoms with E-state index in [1.165, 1.54) is 24.5 Å². The van der Waals surface area contributed by atoms with E-state index in [1.807, 2.05) is 0 Å². The average molecular weight is 354 g/mol. The first-order chi connectivity index (χ1) is 9.99. The van der Waals surface area contributed by atoms with Gasteiger partial charge in [0.25, 0.3) is 5.69 Å². The summed E-state index contributed by atoms with van der Waals surface area (Å²) in [5, 5.41) is 19.7. The second-order valence-electron chi connectivity index (χ2n) is 3.85. The molecule has 0 aliphatic rings. The summed E-state index contributed by atoms with van der Waals surface area (Å²) >= 11 is 3.20. The molecule has 0 atom stereocenters. The maximum atomic E-state index is 11.0. The molecule has 0 unspecified atom stereocenters. The molecule has 0 aliphatic heterocycles. The Morgan fingerprint density at radius 3 is 2.90 bits per heavy atom. The van der Waals surface area contributed by atoms with Crippen molar-refractivity contribution < 1.29 is 19.6 Å². The fourth-order valence-corrected chi connectivity index (χ4v) is 1.87. The second-order valence-corrected chi connectivity index (χ2v) is 4.70. The third-order valence-corrected chi connectivity index (χ3v) is 3.17. The van der Waals surface area contributed by atoms with E-state index in [-0.39, 0.29) is 29.3 Å². The number of nitro groups is 1. The van der Waals surface area contributed by atoms with Gasteiger partial charge in [0.15, 0.2) is 0 Å². The average Bonchev–Trinajstić information content (AvgIpc) is 2.46. The van der Waals surface area contributed by atoms with Crippen molar-refractivity contribution in [3.63, 3.8) is 0 Å². The van der Waals surface area contributed by atoms with Crippen LogP contribution in [0.5, 0.6) is 5.75 Å². The van der Waals surface area contributed by atoms with Gasteiger partial charge in [-0.05, 0) is 22.0 Å². The van der Waals surface area contributed by atoms with E-state index in [2.05, 4.69) is 25.9 Å². The molecule has 108 valence electrons. The van der Waals surface area contributed by atoms with Crippen LogP contribution < -0.4 is 4.74 Å². The molecule has 1 aromatic carbocycles. The van der Waals surface area contributed by atoms with E-state index >= 15 is 0 Å². The minimum Gasteiger partial charge on any atom is -0.486 e. The summed E-state index contributed by atoms with van der Waals surface area (Å²) in [4.78, 5) is 28.6. The van der Waals surface area contributed by atoms with Crippen molar-refractivity contribution in [2.24, 2.45) is 0 Å². The summed E-state index contributed by atoms with van der Waals surface area (Å²) in [6.45, 7) is -0.149. The molecule has 8 nitrogen and oxygen atoms in total. The Bertz CT molecular complexity index is 707. The number of nitro benzene ring substituents is 1. The molecule has 0 fully saturated rings. The molecule has 0 bridgehead atoms. The predicted molar refractivity (Wildman–Crippen MR) is 74.1 cm³/mol. The molecule has 2 rings (SSSR count). The molecule has 1 N–H and O–H groups in total. The molecular weight excluding hydrogens is 346 g/mol. The number of carbonyl (C=O) groups is 1. The predicted octanol–water partition coefficient (Wildman–Crippen LogP) is 2.42. The Morgan fingerprint density at radius 1 is 1.48 bits per heavy atom. The number of aromatic carboxylic acids is 1. The molecule has 21 heavy (non-hydrogen) atoms. The minimum absolute atomic E-state index is 0.0842. The largest absolute Gasteiger partial charge is 0.486 e. The van der Waals surface area contributed by atoms with Gasteiger partial charge in [0.2, 0.25) is 0 Å². The lowest BCUT2D eigenvalue weighted by atomic mass is 10.2. The number of carboxylic acids is 1. The Kier molecular flexibility index (Phi) is 4.43. The number of aromatic nitrogens is 2. The molecular formula is C12H8BrN3O5. The summed E-state index contributed by atoms with van der Waals surface area (Å²) in [7, 11) is 0. The van der Waals surface area contributed by atoms with Crippen LogP contribution in [0.4, 0.5) is 5.69 Å². The monoisotopic (exact) mass is 353 g/mol. The van der Waals surface area contributed by atoms with Crippen LogP contribution in [-0.4, -0.2) is 26.0 Å². The zero-order valence-corrected chi connectivity index (χ0v) is 12.0. The number of carboxylic acid groups (broad SMARTS) is 1. The number of hydrogen-bond donors (Lipinski definition) is 1. The number of benzene rings is 1. The zero-order valence-electron chi connectivity index (χ0n) is 10.4. The molecule has 0 saturated carbocycles. The smallest absolute Gasteiger partial charge is 0.339 e. The summed E-state index contributed by atoms with van der Waals surface area (Å²) < 4.78 is 5.91. The van der Waals surface area contributed by atoms with Gasteiger partial charge >= 0.3 is 5.97 Å². The number of hydrogen-bond acceptors (Lipinski definition) is 6. The molecule has 9 heteroatoms. The van der Waals surface area contributed by atoms with E-state index in [9.17, 15) is 14.9 Å². The van der Waals surface area contributed by atoms with Crippen molar-refractivity contribution in [2.45, 2.75) is 6.61 Å². The highest BCUT2D eigenvalue weighted by molar-refractivity contribution is 9.10. The third kappa shape index (κ3) is 3.51. The van der Waals surface area contributed by atoms with Gasteiger partial charge < -0.3 is 9.84 Å². The van der Waals surface area contributed by atoms with Crippen LogP contribution >= 0.6 is 15.9 Å². The van der Waals surface area contributed by atoms with Gasteiger partial charge in [-0.25, -0.2) is 14.8 Å². The Balaban J connectivity index is 2.22. The van der Waals surface area contributed by atoms with Gasteiger partial charge in [-0.1, -0.05) is 0 Å². The van der Waals surface area contributed by atoms with Crippen molar-refractivity contribution in [3.05, 3.63) is 56.6 Å². The van der Waals surface area contributed by atoms with Crippen LogP contribution in [0.1, 0.15) is 16.1 Å². The van der Waals surface area contributed by atoms with Crippen molar-refractivity contribution in [2.75, 3.05) is 0 Å². The second kappa shape index (κ2) is 6.27. The lowest BCUT2D eigenvalue weighted by Gasteiger charge is -2.09. The van der Waals surface area contributed by atoms with Gasteiger partial charge in [-0.15, -0.1) is 0 Å². The molecule has 0 amide bonds. The maximum Gasteiger partial charge on any atom is 0.339 e. The third-order valence-electron chi connectivity index (χ3n) is 2.52. The topological polar surface area (TPSA) is 115 Å². The van der Waals surface area contributed by atoms with Crippen molar-refractivity contribution in [1.29, 1.82) is 0 Å². The number of nitrogens with zero attached hydrogens (tertiary/aromatic N) is 3. The lowest BCUT2D eigenvalue weighted by Crippen LogP contribution is -2.08. The van der Waals surface area contributed by atoms with Gasteiger partial charge in [0, 0.05) is 12.3 Å². The Hall–Kier alpha value is -2.55.